The van der Waals surface area contributed by atoms with Crippen molar-refractivity contribution in [3.05, 3.63) is 34.9 Å². The second-order valence-corrected chi connectivity index (χ2v) is 5.94. The zero-order chi connectivity index (χ0) is 16.9. The van der Waals surface area contributed by atoms with Gasteiger partial charge in [-0.3, -0.25) is 9.59 Å². The molecule has 2 atom stereocenters. The normalized spacial score (nSPS) is 13.4. The second kappa shape index (κ2) is 7.97. The lowest BCUT2D eigenvalue weighted by molar-refractivity contribution is -0.145. The number of rotatable bonds is 6. The summed E-state index contributed by atoms with van der Waals surface area (Å²) in [4.78, 5) is 26.3. The molecule has 0 aliphatic carbocycles. The number of hydrogen-bond acceptors (Lipinski definition) is 3. The Labute approximate surface area is 133 Å². The van der Waals surface area contributed by atoms with Crippen molar-refractivity contribution in [3.63, 3.8) is 0 Å². The van der Waals surface area contributed by atoms with Crippen LogP contribution in [0.1, 0.15) is 48.7 Å². The average Bonchev–Trinajstić information content (AvgIpc) is 2.52. The zero-order valence-electron chi connectivity index (χ0n) is 14.5. The van der Waals surface area contributed by atoms with Gasteiger partial charge in [0.05, 0.1) is 13.0 Å². The highest BCUT2D eigenvalue weighted by atomic mass is 16.5. The summed E-state index contributed by atoms with van der Waals surface area (Å²) in [5.41, 5.74) is 2.92. The third-order valence-corrected chi connectivity index (χ3v) is 4.21. The summed E-state index contributed by atoms with van der Waals surface area (Å²) in [6, 6.07) is 5.79. The van der Waals surface area contributed by atoms with E-state index in [9.17, 15) is 9.59 Å². The van der Waals surface area contributed by atoms with Crippen molar-refractivity contribution in [2.75, 3.05) is 13.7 Å². The lowest BCUT2D eigenvalue weighted by Crippen LogP contribution is -2.42. The molecule has 122 valence electrons. The molecule has 0 saturated heterocycles. The Bertz CT molecular complexity index is 539. The highest BCUT2D eigenvalue weighted by Crippen LogP contribution is 2.17. The molecule has 0 bridgehead atoms. The van der Waals surface area contributed by atoms with Crippen LogP contribution in [0.15, 0.2) is 18.2 Å². The monoisotopic (exact) mass is 305 g/mol. The van der Waals surface area contributed by atoms with Crippen molar-refractivity contribution >= 4 is 11.9 Å². The van der Waals surface area contributed by atoms with Gasteiger partial charge in [-0.1, -0.05) is 19.9 Å². The van der Waals surface area contributed by atoms with Crippen LogP contribution in [0, 0.1) is 19.8 Å². The number of ether oxygens (including phenoxy) is 1. The zero-order valence-corrected chi connectivity index (χ0v) is 14.5. The first-order valence-electron chi connectivity index (χ1n) is 7.77. The van der Waals surface area contributed by atoms with E-state index in [4.69, 9.17) is 4.74 Å². The number of amides is 1. The van der Waals surface area contributed by atoms with Crippen molar-refractivity contribution in [2.45, 2.75) is 47.1 Å². The Balaban J connectivity index is 3.02. The van der Waals surface area contributed by atoms with Crippen molar-refractivity contribution in [2.24, 2.45) is 5.92 Å². The second-order valence-electron chi connectivity index (χ2n) is 5.94. The quantitative estimate of drug-likeness (QED) is 0.757. The summed E-state index contributed by atoms with van der Waals surface area (Å²) in [7, 11) is 1.37. The van der Waals surface area contributed by atoms with Gasteiger partial charge in [-0.15, -0.1) is 0 Å². The molecule has 0 aliphatic rings. The van der Waals surface area contributed by atoms with Gasteiger partial charge in [0, 0.05) is 18.2 Å². The van der Waals surface area contributed by atoms with Gasteiger partial charge in [-0.05, 0) is 50.5 Å². The minimum atomic E-state index is -0.338. The fourth-order valence-corrected chi connectivity index (χ4v) is 2.29. The van der Waals surface area contributed by atoms with Crippen LogP contribution in [0.5, 0.6) is 0 Å². The molecule has 0 radical (unpaired) electrons. The van der Waals surface area contributed by atoms with E-state index in [-0.39, 0.29) is 23.8 Å². The van der Waals surface area contributed by atoms with Crippen LogP contribution >= 0.6 is 0 Å². The summed E-state index contributed by atoms with van der Waals surface area (Å²) in [5, 5.41) is 0. The number of aryl methyl sites for hydroxylation is 2. The van der Waals surface area contributed by atoms with Gasteiger partial charge in [0.1, 0.15) is 0 Å². The predicted molar refractivity (Wildman–Crippen MR) is 87.9 cm³/mol. The van der Waals surface area contributed by atoms with E-state index < -0.39 is 0 Å². The molecule has 1 amide bonds. The molecule has 1 rings (SSSR count). The SMILES string of the molecule is CCC(C)N(CC(C)C(=O)OC)C(=O)c1ccc(C)c(C)c1. The van der Waals surface area contributed by atoms with Crippen LogP contribution in [-0.4, -0.2) is 36.5 Å². The highest BCUT2D eigenvalue weighted by Gasteiger charge is 2.25. The molecule has 0 aliphatic heterocycles. The van der Waals surface area contributed by atoms with Gasteiger partial charge in [0.25, 0.3) is 5.91 Å². The van der Waals surface area contributed by atoms with Crippen molar-refractivity contribution in [1.82, 2.24) is 4.90 Å². The van der Waals surface area contributed by atoms with Crippen molar-refractivity contribution < 1.29 is 14.3 Å². The number of carbonyl (C=O) groups is 2. The molecular formula is C18H27NO3. The average molecular weight is 305 g/mol. The molecule has 4 nitrogen and oxygen atoms in total. The molecule has 1 aromatic rings. The maximum absolute atomic E-state index is 12.8. The topological polar surface area (TPSA) is 46.6 Å². The molecule has 4 heteroatoms. The van der Waals surface area contributed by atoms with E-state index in [1.54, 1.807) is 11.8 Å². The first-order chi connectivity index (χ1) is 10.3. The first kappa shape index (κ1) is 18.2. The minimum absolute atomic E-state index is 0.0341. The van der Waals surface area contributed by atoms with E-state index in [1.807, 2.05) is 45.9 Å². The smallest absolute Gasteiger partial charge is 0.310 e. The molecule has 0 N–H and O–H groups in total. The summed E-state index contributed by atoms with van der Waals surface area (Å²) >= 11 is 0. The molecule has 0 spiro atoms. The third kappa shape index (κ3) is 4.33. The summed E-state index contributed by atoms with van der Waals surface area (Å²) in [6.07, 6.45) is 0.838. The fourth-order valence-electron chi connectivity index (χ4n) is 2.29. The molecule has 0 saturated carbocycles. The predicted octanol–water partition coefficient (Wildman–Crippen LogP) is 3.35. The summed E-state index contributed by atoms with van der Waals surface area (Å²) in [5.74, 6) is -0.663. The van der Waals surface area contributed by atoms with E-state index in [2.05, 4.69) is 0 Å². The van der Waals surface area contributed by atoms with E-state index in [0.717, 1.165) is 17.5 Å². The maximum atomic E-state index is 12.8. The molecule has 1 aromatic carbocycles. The van der Waals surface area contributed by atoms with E-state index in [0.29, 0.717) is 12.1 Å². The van der Waals surface area contributed by atoms with Crippen molar-refractivity contribution in [3.8, 4) is 0 Å². The standard InChI is InChI=1S/C18H27NO3/c1-7-15(5)19(11-14(4)18(21)22-6)17(20)16-9-8-12(2)13(3)10-16/h8-10,14-15H,7,11H2,1-6H3. The molecule has 0 aromatic heterocycles. The van der Waals surface area contributed by atoms with Gasteiger partial charge < -0.3 is 9.64 Å². The highest BCUT2D eigenvalue weighted by molar-refractivity contribution is 5.95. The Hall–Kier alpha value is -1.84. The van der Waals surface area contributed by atoms with E-state index >= 15 is 0 Å². The molecule has 2 unspecified atom stereocenters. The molecular weight excluding hydrogens is 278 g/mol. The van der Waals surface area contributed by atoms with Crippen LogP contribution in [0.25, 0.3) is 0 Å². The van der Waals surface area contributed by atoms with Gasteiger partial charge in [0.2, 0.25) is 0 Å². The van der Waals surface area contributed by atoms with Crippen molar-refractivity contribution in [1.29, 1.82) is 0 Å². The Morgan fingerprint density at radius 2 is 1.82 bits per heavy atom. The van der Waals surface area contributed by atoms with Crippen LogP contribution in [0.4, 0.5) is 0 Å². The molecule has 22 heavy (non-hydrogen) atoms. The van der Waals surface area contributed by atoms with Gasteiger partial charge >= 0.3 is 5.97 Å². The van der Waals surface area contributed by atoms with Crippen LogP contribution in [-0.2, 0) is 9.53 Å². The number of esters is 1. The lowest BCUT2D eigenvalue weighted by Gasteiger charge is -2.30. The Morgan fingerprint density at radius 1 is 1.18 bits per heavy atom. The van der Waals surface area contributed by atoms with Gasteiger partial charge in [-0.2, -0.15) is 0 Å². The number of hydrogen-bond donors (Lipinski definition) is 0. The molecule has 0 heterocycles. The molecule has 0 fully saturated rings. The first-order valence-corrected chi connectivity index (χ1v) is 7.77. The Kier molecular flexibility index (Phi) is 6.60. The number of benzene rings is 1. The fraction of sp³-hybridized carbons (Fsp3) is 0.556. The number of carbonyl (C=O) groups excluding carboxylic acids is 2. The van der Waals surface area contributed by atoms with Gasteiger partial charge in [-0.25, -0.2) is 0 Å². The van der Waals surface area contributed by atoms with E-state index in [1.165, 1.54) is 7.11 Å². The van der Waals surface area contributed by atoms with Crippen LogP contribution in [0.3, 0.4) is 0 Å². The van der Waals surface area contributed by atoms with Crippen LogP contribution in [0.2, 0.25) is 0 Å². The maximum Gasteiger partial charge on any atom is 0.310 e. The minimum Gasteiger partial charge on any atom is -0.469 e. The summed E-state index contributed by atoms with van der Waals surface area (Å²) < 4.78 is 4.77. The lowest BCUT2D eigenvalue weighted by atomic mass is 10.0. The largest absolute Gasteiger partial charge is 0.469 e. The Morgan fingerprint density at radius 3 is 2.32 bits per heavy atom. The number of nitrogens with zero attached hydrogens (tertiary/aromatic N) is 1. The third-order valence-electron chi connectivity index (χ3n) is 4.21. The number of methoxy groups -OCH3 is 1. The van der Waals surface area contributed by atoms with Gasteiger partial charge in [0.15, 0.2) is 0 Å². The van der Waals surface area contributed by atoms with Crippen LogP contribution < -0.4 is 0 Å². The summed E-state index contributed by atoms with van der Waals surface area (Å²) in [6.45, 7) is 10.2.